The summed E-state index contributed by atoms with van der Waals surface area (Å²) in [5.74, 6) is -0.395. The second kappa shape index (κ2) is 8.45. The van der Waals surface area contributed by atoms with Gasteiger partial charge in [-0.3, -0.25) is 0 Å². The number of aromatic nitrogens is 3. The van der Waals surface area contributed by atoms with E-state index in [2.05, 4.69) is 10.1 Å². The Morgan fingerprint density at radius 3 is 2.44 bits per heavy atom. The van der Waals surface area contributed by atoms with E-state index in [1.165, 1.54) is 43.7 Å². The van der Waals surface area contributed by atoms with Crippen molar-refractivity contribution in [2.24, 2.45) is 0 Å². The Bertz CT molecular complexity index is 1460. The third-order valence-corrected chi connectivity index (χ3v) is 5.97. The normalized spacial score (nSPS) is 12.0. The van der Waals surface area contributed by atoms with Crippen molar-refractivity contribution in [2.45, 2.75) is 11.1 Å². The zero-order valence-corrected chi connectivity index (χ0v) is 18.5. The summed E-state index contributed by atoms with van der Waals surface area (Å²) in [7, 11) is -2.38. The molecule has 8 nitrogen and oxygen atoms in total. The van der Waals surface area contributed by atoms with Gasteiger partial charge in [0, 0.05) is 23.6 Å². The van der Waals surface area contributed by atoms with Crippen molar-refractivity contribution in [3.8, 4) is 28.4 Å². The van der Waals surface area contributed by atoms with Gasteiger partial charge in [-0.25, -0.2) is 22.9 Å². The average molecular weight is 491 g/mol. The number of benzene rings is 1. The van der Waals surface area contributed by atoms with E-state index >= 15 is 0 Å². The van der Waals surface area contributed by atoms with Gasteiger partial charge in [0.05, 0.1) is 29.5 Å². The largest absolute Gasteiger partial charge is 0.465 e. The summed E-state index contributed by atoms with van der Waals surface area (Å²) in [6.07, 6.45) is -1.32. The first kappa shape index (κ1) is 23.2. The molecule has 3 aromatic heterocycles. The highest BCUT2D eigenvalue weighted by atomic mass is 32.2. The molecule has 12 heteroatoms. The minimum atomic E-state index is -4.76. The van der Waals surface area contributed by atoms with Crippen LogP contribution in [0.2, 0.25) is 0 Å². The molecule has 0 unspecified atom stereocenters. The van der Waals surface area contributed by atoms with E-state index in [-0.39, 0.29) is 27.5 Å². The SMILES string of the molecule is COC(=O)c1cc(-c2cc(C(F)(F)F)nn2-c2ccc(S(C)(=O)=O)cn2)ccc1-c1ccco1. The maximum atomic E-state index is 13.5. The number of rotatable bonds is 5. The number of furan rings is 1. The molecule has 0 aliphatic carbocycles. The molecule has 4 aromatic rings. The maximum absolute atomic E-state index is 13.5. The number of pyridine rings is 1. The van der Waals surface area contributed by atoms with Gasteiger partial charge in [-0.15, -0.1) is 0 Å². The van der Waals surface area contributed by atoms with Crippen LogP contribution in [0.3, 0.4) is 0 Å². The summed E-state index contributed by atoms with van der Waals surface area (Å²) in [5, 5.41) is 3.63. The highest BCUT2D eigenvalue weighted by Gasteiger charge is 2.35. The van der Waals surface area contributed by atoms with Crippen molar-refractivity contribution in [3.05, 3.63) is 72.2 Å². The van der Waals surface area contributed by atoms with Crippen LogP contribution in [0, 0.1) is 0 Å². The van der Waals surface area contributed by atoms with Gasteiger partial charge in [-0.1, -0.05) is 6.07 Å². The lowest BCUT2D eigenvalue weighted by Gasteiger charge is -2.11. The quantitative estimate of drug-likeness (QED) is 0.381. The third-order valence-electron chi connectivity index (χ3n) is 4.87. The van der Waals surface area contributed by atoms with Crippen LogP contribution >= 0.6 is 0 Å². The number of alkyl halides is 3. The van der Waals surface area contributed by atoms with Crippen LogP contribution in [-0.4, -0.2) is 42.5 Å². The average Bonchev–Trinajstić information content (AvgIpc) is 3.48. The maximum Gasteiger partial charge on any atom is 0.435 e. The molecule has 0 N–H and O–H groups in total. The Kier molecular flexibility index (Phi) is 5.77. The predicted molar refractivity (Wildman–Crippen MR) is 114 cm³/mol. The molecule has 0 aliphatic heterocycles. The fourth-order valence-electron chi connectivity index (χ4n) is 3.25. The number of carbonyl (C=O) groups excluding carboxylic acids is 1. The lowest BCUT2D eigenvalue weighted by molar-refractivity contribution is -0.141. The first-order chi connectivity index (χ1) is 16.0. The van der Waals surface area contributed by atoms with Crippen LogP contribution in [0.4, 0.5) is 13.2 Å². The molecule has 3 heterocycles. The second-order valence-electron chi connectivity index (χ2n) is 7.18. The molecule has 0 saturated carbocycles. The number of nitrogens with zero attached hydrogens (tertiary/aromatic N) is 3. The van der Waals surface area contributed by atoms with E-state index < -0.39 is 27.7 Å². The molecule has 0 radical (unpaired) electrons. The first-order valence-electron chi connectivity index (χ1n) is 9.59. The Morgan fingerprint density at radius 1 is 1.12 bits per heavy atom. The highest BCUT2D eigenvalue weighted by Crippen LogP contribution is 2.35. The smallest absolute Gasteiger partial charge is 0.435 e. The van der Waals surface area contributed by atoms with Crippen molar-refractivity contribution < 1.29 is 35.5 Å². The molecular formula is C22H16F3N3O5S. The number of esters is 1. The second-order valence-corrected chi connectivity index (χ2v) is 9.19. The molecule has 34 heavy (non-hydrogen) atoms. The van der Waals surface area contributed by atoms with Crippen molar-refractivity contribution in [3.63, 3.8) is 0 Å². The van der Waals surface area contributed by atoms with Crippen LogP contribution in [0.1, 0.15) is 16.1 Å². The molecular weight excluding hydrogens is 475 g/mol. The summed E-state index contributed by atoms with van der Waals surface area (Å²) in [6, 6.07) is 10.9. The molecule has 4 rings (SSSR count). The number of sulfone groups is 1. The Hall–Kier alpha value is -3.93. The zero-order chi connectivity index (χ0) is 24.7. The number of hydrogen-bond acceptors (Lipinski definition) is 7. The fourth-order valence-corrected chi connectivity index (χ4v) is 3.81. The molecule has 0 spiro atoms. The van der Waals surface area contributed by atoms with Crippen LogP contribution in [-0.2, 0) is 20.8 Å². The van der Waals surface area contributed by atoms with Crippen molar-refractivity contribution in [1.29, 1.82) is 0 Å². The van der Waals surface area contributed by atoms with Gasteiger partial charge in [0.2, 0.25) is 0 Å². The van der Waals surface area contributed by atoms with E-state index in [0.717, 1.165) is 23.2 Å². The van der Waals surface area contributed by atoms with E-state index in [1.54, 1.807) is 12.1 Å². The summed E-state index contributed by atoms with van der Waals surface area (Å²) < 4.78 is 75.0. The summed E-state index contributed by atoms with van der Waals surface area (Å²) in [5.41, 5.74) is -0.544. The minimum absolute atomic E-state index is 0.0249. The predicted octanol–water partition coefficient (Wildman–Crippen LogP) is 4.40. The number of hydrogen-bond donors (Lipinski definition) is 0. The molecule has 176 valence electrons. The molecule has 1 aromatic carbocycles. The molecule has 0 amide bonds. The molecule has 0 saturated heterocycles. The van der Waals surface area contributed by atoms with Gasteiger partial charge in [-0.05, 0) is 42.5 Å². The van der Waals surface area contributed by atoms with Crippen molar-refractivity contribution in [2.75, 3.05) is 13.4 Å². The van der Waals surface area contributed by atoms with Gasteiger partial charge in [0.15, 0.2) is 21.3 Å². The third kappa shape index (κ3) is 4.44. The van der Waals surface area contributed by atoms with Crippen LogP contribution in [0.5, 0.6) is 0 Å². The van der Waals surface area contributed by atoms with Gasteiger partial charge >= 0.3 is 12.1 Å². The standard InChI is InChI=1S/C22H16F3N3O5S/c1-32-21(29)16-10-13(5-7-15(16)18-4-3-9-33-18)17-11-19(22(23,24)25)27-28(17)20-8-6-14(12-26-20)34(2,30)31/h3-12H,1-2H3. The van der Waals surface area contributed by atoms with Crippen LogP contribution < -0.4 is 0 Å². The van der Waals surface area contributed by atoms with E-state index in [9.17, 15) is 26.4 Å². The van der Waals surface area contributed by atoms with Gasteiger partial charge in [0.1, 0.15) is 5.76 Å². The Labute approximate surface area is 191 Å². The number of carbonyl (C=O) groups is 1. The van der Waals surface area contributed by atoms with Gasteiger partial charge in [-0.2, -0.15) is 18.3 Å². The number of methoxy groups -OCH3 is 1. The highest BCUT2D eigenvalue weighted by molar-refractivity contribution is 7.90. The number of halogens is 3. The molecule has 0 aliphatic rings. The lowest BCUT2D eigenvalue weighted by atomic mass is 10.00. The van der Waals surface area contributed by atoms with Crippen LogP contribution in [0.25, 0.3) is 28.4 Å². The summed E-state index contributed by atoms with van der Waals surface area (Å²) in [6.45, 7) is 0. The monoisotopic (exact) mass is 491 g/mol. The molecule has 0 atom stereocenters. The fraction of sp³-hybridized carbons (Fsp3) is 0.136. The van der Waals surface area contributed by atoms with Crippen LogP contribution in [0.15, 0.2) is 70.3 Å². The molecule has 0 fully saturated rings. The van der Waals surface area contributed by atoms with Crippen molar-refractivity contribution in [1.82, 2.24) is 14.8 Å². The van der Waals surface area contributed by atoms with E-state index in [0.29, 0.717) is 11.3 Å². The van der Waals surface area contributed by atoms with Gasteiger partial charge < -0.3 is 9.15 Å². The van der Waals surface area contributed by atoms with Crippen molar-refractivity contribution >= 4 is 15.8 Å². The number of ether oxygens (including phenoxy) is 1. The topological polar surface area (TPSA) is 104 Å². The van der Waals surface area contributed by atoms with E-state index in [1.807, 2.05) is 0 Å². The zero-order valence-electron chi connectivity index (χ0n) is 17.7. The first-order valence-corrected chi connectivity index (χ1v) is 11.5. The Balaban J connectivity index is 1.90. The van der Waals surface area contributed by atoms with Gasteiger partial charge in [0.25, 0.3) is 0 Å². The van der Waals surface area contributed by atoms with E-state index in [4.69, 9.17) is 9.15 Å². The summed E-state index contributed by atoms with van der Waals surface area (Å²) in [4.78, 5) is 16.3. The minimum Gasteiger partial charge on any atom is -0.465 e. The summed E-state index contributed by atoms with van der Waals surface area (Å²) >= 11 is 0. The molecule has 0 bridgehead atoms. The Morgan fingerprint density at radius 2 is 1.88 bits per heavy atom. The lowest BCUT2D eigenvalue weighted by Crippen LogP contribution is -2.09.